The van der Waals surface area contributed by atoms with Crippen LogP contribution in [0.1, 0.15) is 35.8 Å². The van der Waals surface area contributed by atoms with E-state index in [4.69, 9.17) is 0 Å². The van der Waals surface area contributed by atoms with Gasteiger partial charge in [-0.1, -0.05) is 24.3 Å². The van der Waals surface area contributed by atoms with E-state index in [9.17, 15) is 0 Å². The van der Waals surface area contributed by atoms with Crippen molar-refractivity contribution in [2.24, 2.45) is 0 Å². The lowest BCUT2D eigenvalue weighted by molar-refractivity contribution is 0.446. The van der Waals surface area contributed by atoms with Gasteiger partial charge in [-0.2, -0.15) is 0 Å². The molecule has 3 rings (SSSR count). The highest BCUT2D eigenvalue weighted by Crippen LogP contribution is 2.27. The van der Waals surface area contributed by atoms with E-state index in [1.54, 1.807) is 0 Å². The van der Waals surface area contributed by atoms with Crippen LogP contribution in [-0.2, 0) is 0 Å². The zero-order valence-electron chi connectivity index (χ0n) is 9.71. The number of nitrogens with one attached hydrogen (secondary N) is 2. The lowest BCUT2D eigenvalue weighted by Gasteiger charge is -2.28. The summed E-state index contributed by atoms with van der Waals surface area (Å²) in [5.41, 5.74) is 3.05. The predicted molar refractivity (Wildman–Crippen MR) is 66.9 cm³/mol. The topological polar surface area (TPSA) is 24.1 Å². The monoisotopic (exact) mass is 216 g/mol. The molecule has 0 atom stereocenters. The lowest BCUT2D eigenvalue weighted by atomic mass is 9.87. The van der Waals surface area contributed by atoms with Crippen molar-refractivity contribution in [3.05, 3.63) is 35.4 Å². The zero-order valence-corrected chi connectivity index (χ0v) is 9.71. The van der Waals surface area contributed by atoms with Crippen molar-refractivity contribution < 1.29 is 0 Å². The van der Waals surface area contributed by atoms with Crippen LogP contribution in [-0.4, -0.2) is 26.2 Å². The molecule has 2 nitrogen and oxygen atoms in total. The second-order valence-electron chi connectivity index (χ2n) is 5.05. The number of hydrogen-bond acceptors (Lipinski definition) is 2. The van der Waals surface area contributed by atoms with Crippen molar-refractivity contribution in [3.63, 3.8) is 0 Å². The van der Waals surface area contributed by atoms with Crippen LogP contribution in [0.3, 0.4) is 0 Å². The van der Waals surface area contributed by atoms with Crippen LogP contribution in [0.25, 0.3) is 0 Å². The Labute approximate surface area is 97.4 Å². The molecule has 2 aliphatic rings. The molecule has 0 bridgehead atoms. The molecule has 0 amide bonds. The summed E-state index contributed by atoms with van der Waals surface area (Å²) < 4.78 is 0. The van der Waals surface area contributed by atoms with Crippen molar-refractivity contribution >= 4 is 0 Å². The van der Waals surface area contributed by atoms with E-state index in [0.29, 0.717) is 0 Å². The van der Waals surface area contributed by atoms with Gasteiger partial charge >= 0.3 is 0 Å². The molecule has 0 unspecified atom stereocenters. The van der Waals surface area contributed by atoms with E-state index >= 15 is 0 Å². The fourth-order valence-corrected chi connectivity index (χ4v) is 2.72. The summed E-state index contributed by atoms with van der Waals surface area (Å²) in [5.74, 6) is 1.55. The molecule has 2 fully saturated rings. The van der Waals surface area contributed by atoms with Crippen LogP contribution < -0.4 is 10.6 Å². The second kappa shape index (κ2) is 4.56. The molecule has 2 N–H and O–H groups in total. The average Bonchev–Trinajstić information content (AvgIpc) is 2.29. The summed E-state index contributed by atoms with van der Waals surface area (Å²) in [5, 5.41) is 6.75. The van der Waals surface area contributed by atoms with Crippen LogP contribution >= 0.6 is 0 Å². The van der Waals surface area contributed by atoms with Crippen LogP contribution in [0.4, 0.5) is 0 Å². The van der Waals surface area contributed by atoms with E-state index in [1.807, 2.05) is 0 Å². The third-order valence-corrected chi connectivity index (χ3v) is 4.00. The Hall–Kier alpha value is -0.860. The maximum absolute atomic E-state index is 3.42. The molecule has 0 aliphatic carbocycles. The molecule has 86 valence electrons. The summed E-state index contributed by atoms with van der Waals surface area (Å²) >= 11 is 0. The first-order valence-electron chi connectivity index (χ1n) is 6.45. The van der Waals surface area contributed by atoms with Gasteiger partial charge in [0.15, 0.2) is 0 Å². The normalized spacial score (nSPS) is 23.0. The number of benzene rings is 1. The highest BCUT2D eigenvalue weighted by Gasteiger charge is 2.19. The summed E-state index contributed by atoms with van der Waals surface area (Å²) in [6.45, 7) is 4.68. The summed E-state index contributed by atoms with van der Waals surface area (Å²) in [6.07, 6.45) is 2.59. The van der Waals surface area contributed by atoms with E-state index in [2.05, 4.69) is 34.9 Å². The molecule has 16 heavy (non-hydrogen) atoms. The first-order chi connectivity index (χ1) is 7.93. The molecule has 2 saturated heterocycles. The summed E-state index contributed by atoms with van der Waals surface area (Å²) in [7, 11) is 0. The molecule has 0 aromatic heterocycles. The fraction of sp³-hybridized carbons (Fsp3) is 0.571. The Kier molecular flexibility index (Phi) is 2.94. The maximum atomic E-state index is 3.42. The quantitative estimate of drug-likeness (QED) is 0.788. The highest BCUT2D eigenvalue weighted by atomic mass is 14.9. The highest BCUT2D eigenvalue weighted by molar-refractivity contribution is 5.29. The Morgan fingerprint density at radius 2 is 1.31 bits per heavy atom. The molecule has 0 spiro atoms. The molecule has 2 heteroatoms. The van der Waals surface area contributed by atoms with Gasteiger partial charge in [-0.15, -0.1) is 0 Å². The minimum Gasteiger partial charge on any atom is -0.317 e. The Morgan fingerprint density at radius 3 is 1.81 bits per heavy atom. The first-order valence-corrected chi connectivity index (χ1v) is 6.45. The van der Waals surface area contributed by atoms with Crippen molar-refractivity contribution in [1.29, 1.82) is 0 Å². The van der Waals surface area contributed by atoms with E-state index in [-0.39, 0.29) is 0 Å². The Morgan fingerprint density at radius 1 is 0.750 bits per heavy atom. The third-order valence-electron chi connectivity index (χ3n) is 4.00. The molecular formula is C14H20N2. The van der Waals surface area contributed by atoms with Crippen LogP contribution in [0.5, 0.6) is 0 Å². The predicted octanol–water partition coefficient (Wildman–Crippen LogP) is 1.84. The van der Waals surface area contributed by atoms with Gasteiger partial charge in [-0.25, -0.2) is 0 Å². The van der Waals surface area contributed by atoms with Gasteiger partial charge in [0, 0.05) is 19.0 Å². The van der Waals surface area contributed by atoms with E-state index in [0.717, 1.165) is 24.9 Å². The van der Waals surface area contributed by atoms with Gasteiger partial charge < -0.3 is 10.6 Å². The minimum atomic E-state index is 0.766. The van der Waals surface area contributed by atoms with Crippen LogP contribution in [0.15, 0.2) is 24.3 Å². The van der Waals surface area contributed by atoms with Crippen LogP contribution in [0, 0.1) is 0 Å². The van der Waals surface area contributed by atoms with Crippen LogP contribution in [0.2, 0.25) is 0 Å². The van der Waals surface area contributed by atoms with Gasteiger partial charge in [0.2, 0.25) is 0 Å². The van der Waals surface area contributed by atoms with Gasteiger partial charge in [0.05, 0.1) is 0 Å². The van der Waals surface area contributed by atoms with E-state index in [1.165, 1.54) is 37.1 Å². The van der Waals surface area contributed by atoms with Gasteiger partial charge in [0.25, 0.3) is 0 Å². The Balaban J connectivity index is 1.70. The van der Waals surface area contributed by atoms with Gasteiger partial charge in [-0.05, 0) is 43.0 Å². The van der Waals surface area contributed by atoms with Crippen molar-refractivity contribution in [1.82, 2.24) is 10.6 Å². The molecule has 1 aromatic rings. The number of hydrogen-bond donors (Lipinski definition) is 2. The average molecular weight is 216 g/mol. The molecule has 0 saturated carbocycles. The van der Waals surface area contributed by atoms with Gasteiger partial charge in [0.1, 0.15) is 0 Å². The van der Waals surface area contributed by atoms with E-state index < -0.39 is 0 Å². The molecule has 2 aliphatic heterocycles. The maximum Gasteiger partial charge on any atom is 0.00885 e. The number of rotatable bonds is 2. The number of piperidine rings is 1. The Bertz CT molecular complexity index is 334. The van der Waals surface area contributed by atoms with Crippen molar-refractivity contribution in [3.8, 4) is 0 Å². The molecule has 2 heterocycles. The minimum absolute atomic E-state index is 0.766. The molecule has 0 radical (unpaired) electrons. The molecular weight excluding hydrogens is 196 g/mol. The van der Waals surface area contributed by atoms with Crippen molar-refractivity contribution in [2.45, 2.75) is 24.7 Å². The SMILES string of the molecule is c1cc(C2CNC2)ccc1C1CCNCC1. The summed E-state index contributed by atoms with van der Waals surface area (Å²) in [6, 6.07) is 9.37. The van der Waals surface area contributed by atoms with Gasteiger partial charge in [-0.3, -0.25) is 0 Å². The standard InChI is InChI=1S/C14H20N2/c1-3-12(14-9-16-10-14)4-2-11(1)13-5-7-15-8-6-13/h1-4,13-16H,5-10H2. The largest absolute Gasteiger partial charge is 0.317 e. The summed E-state index contributed by atoms with van der Waals surface area (Å²) in [4.78, 5) is 0. The van der Waals surface area contributed by atoms with Crippen molar-refractivity contribution in [2.75, 3.05) is 26.2 Å². The second-order valence-corrected chi connectivity index (χ2v) is 5.05. The fourth-order valence-electron chi connectivity index (χ4n) is 2.72. The first kappa shape index (κ1) is 10.3. The zero-order chi connectivity index (χ0) is 10.8. The molecule has 1 aromatic carbocycles. The smallest absolute Gasteiger partial charge is 0.00885 e. The third kappa shape index (κ3) is 2.00. The lowest BCUT2D eigenvalue weighted by Crippen LogP contribution is -2.39.